The summed E-state index contributed by atoms with van der Waals surface area (Å²) < 4.78 is 38.1. The van der Waals surface area contributed by atoms with Crippen molar-refractivity contribution in [3.8, 4) is 11.8 Å². The summed E-state index contributed by atoms with van der Waals surface area (Å²) in [4.78, 5) is 21.8. The number of hydrogen-bond donors (Lipinski definition) is 0. The molecule has 40 heavy (non-hydrogen) atoms. The molecule has 2 aliphatic rings. The maximum absolute atomic E-state index is 13.1. The van der Waals surface area contributed by atoms with E-state index in [2.05, 4.69) is 20.9 Å². The number of ether oxygens (including phenoxy) is 2. The molecule has 0 N–H and O–H groups in total. The van der Waals surface area contributed by atoms with Crippen molar-refractivity contribution in [3.05, 3.63) is 58.0 Å². The normalized spacial score (nSPS) is 21.0. The SMILES string of the molecule is Cc1ccc(N(CC2CCOC2)[C@H]2CC[C@@H](N(C)c3cc(=O)n(C)c4ccc(C#N)nc34)CC2)cc1OC(F)F. The topological polar surface area (TPSA) is 83.6 Å². The minimum atomic E-state index is -2.87. The summed E-state index contributed by atoms with van der Waals surface area (Å²) in [6.45, 7) is 1.14. The molecule has 1 saturated carbocycles. The van der Waals surface area contributed by atoms with Gasteiger partial charge in [-0.2, -0.15) is 14.0 Å². The Morgan fingerprint density at radius 2 is 1.90 bits per heavy atom. The van der Waals surface area contributed by atoms with E-state index in [0.717, 1.165) is 56.6 Å². The van der Waals surface area contributed by atoms with E-state index in [9.17, 15) is 18.8 Å². The zero-order valence-electron chi connectivity index (χ0n) is 23.1. The third kappa shape index (κ3) is 5.75. The summed E-state index contributed by atoms with van der Waals surface area (Å²) in [5.74, 6) is 0.587. The maximum atomic E-state index is 13.1. The number of anilines is 2. The molecule has 3 heterocycles. The zero-order chi connectivity index (χ0) is 28.4. The van der Waals surface area contributed by atoms with E-state index in [1.807, 2.05) is 19.2 Å². The third-order valence-corrected chi connectivity index (χ3v) is 8.42. The van der Waals surface area contributed by atoms with Gasteiger partial charge >= 0.3 is 6.61 Å². The molecule has 1 unspecified atom stereocenters. The summed E-state index contributed by atoms with van der Waals surface area (Å²) in [7, 11) is 3.70. The van der Waals surface area contributed by atoms with Crippen LogP contribution in [0.1, 0.15) is 43.4 Å². The van der Waals surface area contributed by atoms with Gasteiger partial charge < -0.3 is 23.8 Å². The second-order valence-corrected chi connectivity index (χ2v) is 10.9. The van der Waals surface area contributed by atoms with Crippen LogP contribution in [-0.2, 0) is 11.8 Å². The molecule has 0 amide bonds. The van der Waals surface area contributed by atoms with Gasteiger partial charge in [-0.15, -0.1) is 0 Å². The van der Waals surface area contributed by atoms with Crippen molar-refractivity contribution in [2.45, 2.75) is 57.7 Å². The number of pyridine rings is 2. The van der Waals surface area contributed by atoms with Crippen LogP contribution in [0, 0.1) is 24.2 Å². The van der Waals surface area contributed by atoms with E-state index < -0.39 is 6.61 Å². The molecule has 212 valence electrons. The van der Waals surface area contributed by atoms with Crippen molar-refractivity contribution >= 4 is 22.4 Å². The lowest BCUT2D eigenvalue weighted by Gasteiger charge is -2.42. The Kier molecular flexibility index (Phi) is 8.22. The standard InChI is InChI=1S/C30H35F2N5O3/c1-19-4-6-24(14-27(19)40-30(31)32)37(17-20-12-13-39-18-20)23-9-7-22(8-10-23)35(2)26-15-28(38)36(3)25-11-5-21(16-33)34-29(25)26/h4-6,11,14-15,20,22-23,30H,7-10,12-13,17-18H2,1-3H3/t20?,22-,23+. The van der Waals surface area contributed by atoms with Gasteiger partial charge in [0.05, 0.1) is 17.8 Å². The Morgan fingerprint density at radius 3 is 2.58 bits per heavy atom. The Morgan fingerprint density at radius 1 is 1.15 bits per heavy atom. The van der Waals surface area contributed by atoms with E-state index in [1.165, 1.54) is 0 Å². The highest BCUT2D eigenvalue weighted by Gasteiger charge is 2.31. The first-order valence-corrected chi connectivity index (χ1v) is 13.8. The summed E-state index contributed by atoms with van der Waals surface area (Å²) in [5.41, 5.74) is 3.80. The molecule has 3 aromatic rings. The zero-order valence-corrected chi connectivity index (χ0v) is 23.1. The highest BCUT2D eigenvalue weighted by atomic mass is 19.3. The molecule has 10 heteroatoms. The number of rotatable bonds is 8. The number of aromatic nitrogens is 2. The first-order valence-electron chi connectivity index (χ1n) is 13.8. The average Bonchev–Trinajstić information content (AvgIpc) is 3.47. The van der Waals surface area contributed by atoms with Crippen molar-refractivity contribution in [3.63, 3.8) is 0 Å². The predicted molar refractivity (Wildman–Crippen MR) is 150 cm³/mol. The van der Waals surface area contributed by atoms with Crippen molar-refractivity contribution < 1.29 is 18.3 Å². The van der Waals surface area contributed by atoms with Gasteiger partial charge in [0.15, 0.2) is 0 Å². The molecule has 0 bridgehead atoms. The molecule has 0 radical (unpaired) electrons. The third-order valence-electron chi connectivity index (χ3n) is 8.42. The molecule has 5 rings (SSSR count). The van der Waals surface area contributed by atoms with Gasteiger partial charge in [0, 0.05) is 63.1 Å². The first-order chi connectivity index (χ1) is 19.2. The molecular weight excluding hydrogens is 516 g/mol. The van der Waals surface area contributed by atoms with Crippen LogP contribution < -0.4 is 20.1 Å². The van der Waals surface area contributed by atoms with E-state index >= 15 is 0 Å². The largest absolute Gasteiger partial charge is 0.434 e. The molecule has 0 spiro atoms. The number of halogens is 2. The highest BCUT2D eigenvalue weighted by molar-refractivity contribution is 5.88. The number of fused-ring (bicyclic) bond motifs is 1. The number of hydrogen-bond acceptors (Lipinski definition) is 7. The lowest BCUT2D eigenvalue weighted by atomic mass is 9.88. The summed E-state index contributed by atoms with van der Waals surface area (Å²) >= 11 is 0. The van der Waals surface area contributed by atoms with Crippen LogP contribution in [0.3, 0.4) is 0 Å². The van der Waals surface area contributed by atoms with Gasteiger partial charge in [0.25, 0.3) is 5.56 Å². The van der Waals surface area contributed by atoms with Gasteiger partial charge in [-0.3, -0.25) is 4.79 Å². The average molecular weight is 552 g/mol. The number of benzene rings is 1. The van der Waals surface area contributed by atoms with Gasteiger partial charge in [-0.25, -0.2) is 4.98 Å². The molecule has 1 saturated heterocycles. The number of nitriles is 1. The van der Waals surface area contributed by atoms with Crippen molar-refractivity contribution in [1.82, 2.24) is 9.55 Å². The maximum Gasteiger partial charge on any atom is 0.387 e. The molecule has 1 aliphatic heterocycles. The fourth-order valence-electron chi connectivity index (χ4n) is 6.06. The number of aryl methyl sites for hydroxylation is 2. The fraction of sp³-hybridized carbons (Fsp3) is 0.500. The fourth-order valence-corrected chi connectivity index (χ4v) is 6.06. The smallest absolute Gasteiger partial charge is 0.387 e. The lowest BCUT2D eigenvalue weighted by Crippen LogP contribution is -2.45. The quantitative estimate of drug-likeness (QED) is 0.389. The van der Waals surface area contributed by atoms with Crippen LogP contribution in [0.5, 0.6) is 5.75 Å². The van der Waals surface area contributed by atoms with Crippen LogP contribution in [0.25, 0.3) is 11.0 Å². The molecule has 1 aromatic carbocycles. The lowest BCUT2D eigenvalue weighted by molar-refractivity contribution is -0.0502. The Balaban J connectivity index is 1.38. The first kappa shape index (κ1) is 27.8. The summed E-state index contributed by atoms with van der Waals surface area (Å²) in [6, 6.07) is 13.1. The van der Waals surface area contributed by atoms with Gasteiger partial charge in [0.1, 0.15) is 23.0 Å². The number of alkyl halides is 2. The number of nitrogens with zero attached hydrogens (tertiary/aromatic N) is 5. The molecule has 8 nitrogen and oxygen atoms in total. The van der Waals surface area contributed by atoms with Crippen molar-refractivity contribution in [1.29, 1.82) is 5.26 Å². The van der Waals surface area contributed by atoms with Crippen LogP contribution in [0.15, 0.2) is 41.2 Å². The second-order valence-electron chi connectivity index (χ2n) is 10.9. The van der Waals surface area contributed by atoms with E-state index in [4.69, 9.17) is 9.47 Å². The van der Waals surface area contributed by atoms with E-state index in [1.54, 1.807) is 42.8 Å². The van der Waals surface area contributed by atoms with E-state index in [0.29, 0.717) is 34.8 Å². The van der Waals surface area contributed by atoms with Gasteiger partial charge in [0.2, 0.25) is 0 Å². The minimum absolute atomic E-state index is 0.124. The minimum Gasteiger partial charge on any atom is -0.434 e. The van der Waals surface area contributed by atoms with Crippen molar-refractivity contribution in [2.75, 3.05) is 36.6 Å². The van der Waals surface area contributed by atoms with Crippen molar-refractivity contribution in [2.24, 2.45) is 13.0 Å². The molecular formula is C30H35F2N5O3. The molecule has 2 fully saturated rings. The van der Waals surface area contributed by atoms with Gasteiger partial charge in [-0.05, 0) is 62.8 Å². The highest BCUT2D eigenvalue weighted by Crippen LogP contribution is 2.36. The summed E-state index contributed by atoms with van der Waals surface area (Å²) in [5, 5.41) is 9.40. The Hall–Kier alpha value is -3.71. The van der Waals surface area contributed by atoms with Crippen LogP contribution in [-0.4, -0.2) is 55.1 Å². The Bertz CT molecular complexity index is 1460. The Labute approximate surface area is 232 Å². The van der Waals surface area contributed by atoms with E-state index in [-0.39, 0.29) is 23.4 Å². The second kappa shape index (κ2) is 11.8. The van der Waals surface area contributed by atoms with Crippen LogP contribution >= 0.6 is 0 Å². The van der Waals surface area contributed by atoms with Gasteiger partial charge in [-0.1, -0.05) is 6.07 Å². The van der Waals surface area contributed by atoms with Crippen LogP contribution in [0.2, 0.25) is 0 Å². The molecule has 1 atom stereocenters. The molecule has 2 aromatic heterocycles. The predicted octanol–water partition coefficient (Wildman–Crippen LogP) is 5.01. The monoisotopic (exact) mass is 551 g/mol. The summed E-state index contributed by atoms with van der Waals surface area (Å²) in [6.07, 6.45) is 4.57. The molecule has 1 aliphatic carbocycles. The van der Waals surface area contributed by atoms with Crippen LogP contribution in [0.4, 0.5) is 20.2 Å².